The fourth-order valence-corrected chi connectivity index (χ4v) is 2.21. The Labute approximate surface area is 142 Å². The molecule has 2 rings (SSSR count). The Balaban J connectivity index is 2.23. The number of thiocarbonyl (C=S) groups is 1. The molecular formula is C15H13ClN2O4S. The second-order valence-corrected chi connectivity index (χ2v) is 5.33. The van der Waals surface area contributed by atoms with Gasteiger partial charge in [-0.2, -0.15) is 0 Å². The number of halogens is 1. The van der Waals surface area contributed by atoms with Crippen LogP contribution in [-0.2, 0) is 4.79 Å². The zero-order valence-electron chi connectivity index (χ0n) is 12.1. The molecule has 8 heteroatoms. The van der Waals surface area contributed by atoms with Crippen molar-refractivity contribution in [1.29, 1.82) is 0 Å². The first-order chi connectivity index (χ1) is 10.9. The van der Waals surface area contributed by atoms with E-state index in [1.165, 1.54) is 12.1 Å². The number of amides is 1. The Kier molecular flexibility index (Phi) is 5.36. The molecule has 120 valence electrons. The second kappa shape index (κ2) is 7.26. The van der Waals surface area contributed by atoms with Gasteiger partial charge >= 0.3 is 5.97 Å². The van der Waals surface area contributed by atoms with E-state index in [0.717, 1.165) is 0 Å². The van der Waals surface area contributed by atoms with Crippen molar-refractivity contribution in [3.8, 4) is 11.3 Å². The lowest BCUT2D eigenvalue weighted by Gasteiger charge is -2.10. The van der Waals surface area contributed by atoms with Crippen molar-refractivity contribution in [3.05, 3.63) is 41.1 Å². The second-order valence-electron chi connectivity index (χ2n) is 4.52. The molecule has 0 saturated carbocycles. The van der Waals surface area contributed by atoms with Crippen molar-refractivity contribution in [2.75, 3.05) is 5.32 Å². The third-order valence-corrected chi connectivity index (χ3v) is 3.41. The number of hydrogen-bond donors (Lipinski definition) is 3. The van der Waals surface area contributed by atoms with E-state index in [2.05, 4.69) is 10.6 Å². The zero-order chi connectivity index (χ0) is 17.0. The molecule has 0 radical (unpaired) electrons. The molecule has 0 bridgehead atoms. The molecule has 0 aliphatic rings. The molecule has 0 atom stereocenters. The topological polar surface area (TPSA) is 91.6 Å². The molecule has 1 aromatic carbocycles. The molecule has 2 aromatic rings. The van der Waals surface area contributed by atoms with Gasteiger partial charge in [-0.3, -0.25) is 4.79 Å². The van der Waals surface area contributed by atoms with Gasteiger partial charge in [0.05, 0.1) is 5.02 Å². The van der Waals surface area contributed by atoms with Crippen molar-refractivity contribution >= 4 is 46.5 Å². The molecule has 1 amide bonds. The first kappa shape index (κ1) is 17.0. The quantitative estimate of drug-likeness (QED) is 0.729. The van der Waals surface area contributed by atoms with E-state index in [1.54, 1.807) is 25.1 Å². The minimum Gasteiger partial charge on any atom is -0.475 e. The van der Waals surface area contributed by atoms with Gasteiger partial charge in [-0.15, -0.1) is 0 Å². The molecule has 1 aromatic heterocycles. The average molecular weight is 353 g/mol. The summed E-state index contributed by atoms with van der Waals surface area (Å²) in [7, 11) is 0. The van der Waals surface area contributed by atoms with Crippen molar-refractivity contribution in [2.24, 2.45) is 0 Å². The fourth-order valence-electron chi connectivity index (χ4n) is 1.77. The van der Waals surface area contributed by atoms with E-state index < -0.39 is 5.97 Å². The van der Waals surface area contributed by atoms with E-state index >= 15 is 0 Å². The lowest BCUT2D eigenvalue weighted by molar-refractivity contribution is -0.119. The maximum Gasteiger partial charge on any atom is 0.371 e. The first-order valence-corrected chi connectivity index (χ1v) is 7.43. The average Bonchev–Trinajstić information content (AvgIpc) is 2.99. The highest BCUT2D eigenvalue weighted by molar-refractivity contribution is 7.80. The summed E-state index contributed by atoms with van der Waals surface area (Å²) in [6.45, 7) is 1.72. The maximum atomic E-state index is 11.3. The van der Waals surface area contributed by atoms with Gasteiger partial charge in [0.25, 0.3) is 0 Å². The summed E-state index contributed by atoms with van der Waals surface area (Å²) in [6.07, 6.45) is 0.318. The number of nitrogens with one attached hydrogen (secondary N) is 2. The highest BCUT2D eigenvalue weighted by atomic mass is 35.5. The number of carbonyl (C=O) groups excluding carboxylic acids is 1. The van der Waals surface area contributed by atoms with Crippen molar-refractivity contribution in [3.63, 3.8) is 0 Å². The van der Waals surface area contributed by atoms with Crippen LogP contribution < -0.4 is 10.6 Å². The summed E-state index contributed by atoms with van der Waals surface area (Å²) in [5.74, 6) is -1.22. The number of carbonyl (C=O) groups is 2. The number of carboxylic acids is 1. The zero-order valence-corrected chi connectivity index (χ0v) is 13.6. The van der Waals surface area contributed by atoms with Gasteiger partial charge in [-0.25, -0.2) is 4.79 Å². The maximum absolute atomic E-state index is 11.3. The van der Waals surface area contributed by atoms with Gasteiger partial charge in [-0.05, 0) is 42.5 Å². The van der Waals surface area contributed by atoms with Crippen LogP contribution >= 0.6 is 23.8 Å². The molecule has 0 saturated heterocycles. The Hall–Kier alpha value is -2.38. The predicted molar refractivity (Wildman–Crippen MR) is 90.8 cm³/mol. The number of carboxylic acid groups (broad SMARTS) is 1. The van der Waals surface area contributed by atoms with Crippen molar-refractivity contribution in [2.45, 2.75) is 13.3 Å². The Morgan fingerprint density at radius 2 is 2.04 bits per heavy atom. The normalized spacial score (nSPS) is 10.2. The summed E-state index contributed by atoms with van der Waals surface area (Å²) in [4.78, 5) is 22.2. The lowest BCUT2D eigenvalue weighted by Crippen LogP contribution is -2.33. The SMILES string of the molecule is CCC(=O)NC(=S)Nc1ccc(Cl)c(-c2ccc(C(=O)O)o2)c1. The van der Waals surface area contributed by atoms with Crippen LogP contribution in [0.5, 0.6) is 0 Å². The summed E-state index contributed by atoms with van der Waals surface area (Å²) >= 11 is 11.2. The smallest absolute Gasteiger partial charge is 0.371 e. The van der Waals surface area contributed by atoms with Crippen LogP contribution in [0.3, 0.4) is 0 Å². The minimum absolute atomic E-state index is 0.163. The molecular weight excluding hydrogens is 340 g/mol. The highest BCUT2D eigenvalue weighted by Gasteiger charge is 2.14. The molecule has 0 spiro atoms. The summed E-state index contributed by atoms with van der Waals surface area (Å²) < 4.78 is 5.24. The largest absolute Gasteiger partial charge is 0.475 e. The van der Waals surface area contributed by atoms with E-state index in [1.807, 2.05) is 0 Å². The lowest BCUT2D eigenvalue weighted by atomic mass is 10.1. The van der Waals surface area contributed by atoms with Crippen LogP contribution in [0.2, 0.25) is 5.02 Å². The standard InChI is InChI=1S/C15H13ClN2O4S/c1-2-13(19)18-15(23)17-8-3-4-10(16)9(7-8)11-5-6-12(22-11)14(20)21/h3-7H,2H2,1H3,(H,20,21)(H2,17,18,19,23). The fraction of sp³-hybridized carbons (Fsp3) is 0.133. The molecule has 23 heavy (non-hydrogen) atoms. The van der Waals surface area contributed by atoms with Crippen LogP contribution in [0.1, 0.15) is 23.9 Å². The number of furan rings is 1. The number of benzene rings is 1. The highest BCUT2D eigenvalue weighted by Crippen LogP contribution is 2.32. The van der Waals surface area contributed by atoms with Gasteiger partial charge < -0.3 is 20.2 Å². The predicted octanol–water partition coefficient (Wildman–Crippen LogP) is 3.52. The van der Waals surface area contributed by atoms with E-state index in [-0.39, 0.29) is 16.8 Å². The number of aromatic carboxylic acids is 1. The van der Waals surface area contributed by atoms with Gasteiger partial charge in [0.1, 0.15) is 5.76 Å². The third-order valence-electron chi connectivity index (χ3n) is 2.88. The van der Waals surface area contributed by atoms with Gasteiger partial charge in [-0.1, -0.05) is 18.5 Å². The van der Waals surface area contributed by atoms with Crippen LogP contribution in [0.4, 0.5) is 5.69 Å². The molecule has 0 aliphatic heterocycles. The van der Waals surface area contributed by atoms with Gasteiger partial charge in [0, 0.05) is 17.7 Å². The van der Waals surface area contributed by atoms with E-state index in [9.17, 15) is 9.59 Å². The van der Waals surface area contributed by atoms with E-state index in [0.29, 0.717) is 28.5 Å². The van der Waals surface area contributed by atoms with E-state index in [4.69, 9.17) is 33.3 Å². The monoisotopic (exact) mass is 352 g/mol. The summed E-state index contributed by atoms with van der Waals surface area (Å²) in [6, 6.07) is 7.81. The van der Waals surface area contributed by atoms with Crippen LogP contribution in [-0.4, -0.2) is 22.1 Å². The Morgan fingerprint density at radius 3 is 2.65 bits per heavy atom. The molecule has 0 fully saturated rings. The minimum atomic E-state index is -1.16. The van der Waals surface area contributed by atoms with Gasteiger partial charge in [0.15, 0.2) is 5.11 Å². The Morgan fingerprint density at radius 1 is 1.30 bits per heavy atom. The number of rotatable bonds is 4. The number of anilines is 1. The van der Waals surface area contributed by atoms with Crippen molar-refractivity contribution in [1.82, 2.24) is 5.32 Å². The Bertz CT molecular complexity index is 773. The van der Waals surface area contributed by atoms with Crippen molar-refractivity contribution < 1.29 is 19.1 Å². The third kappa shape index (κ3) is 4.30. The van der Waals surface area contributed by atoms with Crippen LogP contribution in [0.25, 0.3) is 11.3 Å². The molecule has 6 nitrogen and oxygen atoms in total. The van der Waals surface area contributed by atoms with Crippen LogP contribution in [0, 0.1) is 0 Å². The first-order valence-electron chi connectivity index (χ1n) is 6.64. The molecule has 0 aliphatic carbocycles. The van der Waals surface area contributed by atoms with Crippen LogP contribution in [0.15, 0.2) is 34.7 Å². The van der Waals surface area contributed by atoms with Gasteiger partial charge in [0.2, 0.25) is 11.7 Å². The summed E-state index contributed by atoms with van der Waals surface area (Å²) in [5.41, 5.74) is 1.09. The molecule has 3 N–H and O–H groups in total. The molecule has 0 unspecified atom stereocenters. The molecule has 1 heterocycles. The summed E-state index contributed by atoms with van der Waals surface area (Å²) in [5, 5.41) is 14.8. The number of hydrogen-bond acceptors (Lipinski definition) is 4.